The molecule has 2 aromatic rings. The minimum absolute atomic E-state index is 0.0345. The summed E-state index contributed by atoms with van der Waals surface area (Å²) in [5.41, 5.74) is 1.77. The van der Waals surface area contributed by atoms with Crippen molar-refractivity contribution in [2.24, 2.45) is 0 Å². The molecule has 5 nitrogen and oxygen atoms in total. The van der Waals surface area contributed by atoms with Gasteiger partial charge in [0.15, 0.2) is 23.9 Å². The summed E-state index contributed by atoms with van der Waals surface area (Å²) in [5, 5.41) is 0.359. The molecular weight excluding hydrogens is 356 g/mol. The van der Waals surface area contributed by atoms with Crippen molar-refractivity contribution in [3.8, 4) is 23.0 Å². The molecular formula is C20H17ClO5. The summed E-state index contributed by atoms with van der Waals surface area (Å²) in [6.07, 6.45) is 0.155. The Hall–Kier alpha value is -2.66. The Balaban J connectivity index is 1.75. The molecule has 0 fully saturated rings. The third-order valence-corrected chi connectivity index (χ3v) is 4.59. The van der Waals surface area contributed by atoms with Crippen LogP contribution in [0.4, 0.5) is 0 Å². The Bertz CT molecular complexity index is 903. The third-order valence-electron chi connectivity index (χ3n) is 4.17. The highest BCUT2D eigenvalue weighted by atomic mass is 35.5. The van der Waals surface area contributed by atoms with Crippen LogP contribution in [0.3, 0.4) is 0 Å². The fourth-order valence-corrected chi connectivity index (χ4v) is 3.32. The minimum atomic E-state index is -0.612. The van der Waals surface area contributed by atoms with E-state index in [0.29, 0.717) is 39.2 Å². The second-order valence-electron chi connectivity index (χ2n) is 6.32. The van der Waals surface area contributed by atoms with Crippen molar-refractivity contribution in [2.45, 2.75) is 26.1 Å². The number of carbonyl (C=O) groups is 1. The number of ether oxygens (including phenoxy) is 4. The van der Waals surface area contributed by atoms with E-state index in [9.17, 15) is 4.79 Å². The minimum Gasteiger partial charge on any atom is -0.491 e. The van der Waals surface area contributed by atoms with Gasteiger partial charge in [0.05, 0.1) is 16.7 Å². The van der Waals surface area contributed by atoms with E-state index in [1.54, 1.807) is 18.2 Å². The first-order chi connectivity index (χ1) is 12.6. The quantitative estimate of drug-likeness (QED) is 0.740. The summed E-state index contributed by atoms with van der Waals surface area (Å²) >= 11 is 6.54. The lowest BCUT2D eigenvalue weighted by Crippen LogP contribution is -2.17. The Labute approximate surface area is 156 Å². The van der Waals surface area contributed by atoms with Gasteiger partial charge in [-0.3, -0.25) is 4.79 Å². The van der Waals surface area contributed by atoms with Gasteiger partial charge in [-0.1, -0.05) is 17.7 Å². The first-order valence-corrected chi connectivity index (χ1v) is 8.66. The molecule has 2 aliphatic rings. The van der Waals surface area contributed by atoms with E-state index in [2.05, 4.69) is 0 Å². The van der Waals surface area contributed by atoms with E-state index in [-0.39, 0.29) is 12.9 Å². The van der Waals surface area contributed by atoms with Crippen molar-refractivity contribution in [1.29, 1.82) is 0 Å². The Morgan fingerprint density at radius 1 is 1.12 bits per heavy atom. The van der Waals surface area contributed by atoms with Crippen LogP contribution in [0.2, 0.25) is 0 Å². The zero-order chi connectivity index (χ0) is 18.3. The van der Waals surface area contributed by atoms with Gasteiger partial charge >= 0.3 is 0 Å². The number of fused-ring (bicyclic) bond motifs is 2. The monoisotopic (exact) mass is 372 g/mol. The van der Waals surface area contributed by atoms with Crippen LogP contribution in [0.15, 0.2) is 42.0 Å². The summed E-state index contributed by atoms with van der Waals surface area (Å²) in [7, 11) is 0. The summed E-state index contributed by atoms with van der Waals surface area (Å²) in [6.45, 7) is 4.07. The van der Waals surface area contributed by atoms with Gasteiger partial charge in [0.2, 0.25) is 6.79 Å². The molecule has 1 unspecified atom stereocenters. The first kappa shape index (κ1) is 16.8. The highest BCUT2D eigenvalue weighted by Crippen LogP contribution is 2.46. The predicted octanol–water partition coefficient (Wildman–Crippen LogP) is 4.49. The molecule has 0 bridgehead atoms. The van der Waals surface area contributed by atoms with Crippen LogP contribution < -0.4 is 18.9 Å². The molecule has 6 heteroatoms. The molecule has 0 aliphatic carbocycles. The fourth-order valence-electron chi connectivity index (χ4n) is 3.03. The molecule has 0 N–H and O–H groups in total. The average molecular weight is 373 g/mol. The van der Waals surface area contributed by atoms with Crippen molar-refractivity contribution < 1.29 is 23.7 Å². The molecule has 0 amide bonds. The van der Waals surface area contributed by atoms with Gasteiger partial charge in [-0.25, -0.2) is 0 Å². The van der Waals surface area contributed by atoms with Crippen LogP contribution in [0.25, 0.3) is 5.03 Å². The molecule has 2 aliphatic heterocycles. The van der Waals surface area contributed by atoms with E-state index >= 15 is 0 Å². The molecule has 0 saturated carbocycles. The van der Waals surface area contributed by atoms with Gasteiger partial charge in [0.1, 0.15) is 11.5 Å². The third kappa shape index (κ3) is 2.88. The SMILES string of the molecule is CC(C)Oc1ccc2c(c1)C(Cl)=C(C=O)C(c1ccc3c(c1)OCO3)O2. The summed E-state index contributed by atoms with van der Waals surface area (Å²) in [6, 6.07) is 10.9. The van der Waals surface area contributed by atoms with Crippen molar-refractivity contribution >= 4 is 22.9 Å². The largest absolute Gasteiger partial charge is 0.491 e. The number of hydrogen-bond donors (Lipinski definition) is 0. The maximum absolute atomic E-state index is 11.8. The molecule has 0 radical (unpaired) electrons. The molecule has 26 heavy (non-hydrogen) atoms. The average Bonchev–Trinajstić information content (AvgIpc) is 3.09. The topological polar surface area (TPSA) is 54.0 Å². The molecule has 2 aromatic carbocycles. The van der Waals surface area contributed by atoms with Gasteiger partial charge in [0.25, 0.3) is 0 Å². The fraction of sp³-hybridized carbons (Fsp3) is 0.250. The second-order valence-corrected chi connectivity index (χ2v) is 6.70. The summed E-state index contributed by atoms with van der Waals surface area (Å²) < 4.78 is 22.5. The second kappa shape index (κ2) is 6.57. The molecule has 0 spiro atoms. The molecule has 1 atom stereocenters. The number of rotatable bonds is 4. The Morgan fingerprint density at radius 3 is 2.65 bits per heavy atom. The summed E-state index contributed by atoms with van der Waals surface area (Å²) in [4.78, 5) is 11.8. The lowest BCUT2D eigenvalue weighted by molar-refractivity contribution is -0.105. The van der Waals surface area contributed by atoms with Gasteiger partial charge in [0, 0.05) is 11.1 Å². The Morgan fingerprint density at radius 2 is 1.88 bits per heavy atom. The van der Waals surface area contributed by atoms with Crippen molar-refractivity contribution in [3.05, 3.63) is 53.1 Å². The van der Waals surface area contributed by atoms with Crippen LogP contribution >= 0.6 is 11.6 Å². The van der Waals surface area contributed by atoms with Gasteiger partial charge in [-0.2, -0.15) is 0 Å². The maximum atomic E-state index is 11.8. The zero-order valence-electron chi connectivity index (χ0n) is 14.3. The van der Waals surface area contributed by atoms with E-state index in [0.717, 1.165) is 11.8 Å². The number of halogens is 1. The highest BCUT2D eigenvalue weighted by Gasteiger charge is 2.30. The Kier molecular flexibility index (Phi) is 4.24. The summed E-state index contributed by atoms with van der Waals surface area (Å²) in [5.74, 6) is 2.56. The van der Waals surface area contributed by atoms with E-state index in [1.807, 2.05) is 32.0 Å². The molecule has 0 saturated heterocycles. The number of aldehydes is 1. The van der Waals surface area contributed by atoms with E-state index in [4.69, 9.17) is 30.5 Å². The smallest absolute Gasteiger partial charge is 0.231 e. The van der Waals surface area contributed by atoms with E-state index in [1.165, 1.54) is 0 Å². The molecule has 4 rings (SSSR count). The maximum Gasteiger partial charge on any atom is 0.231 e. The van der Waals surface area contributed by atoms with Crippen LogP contribution in [0.1, 0.15) is 31.1 Å². The van der Waals surface area contributed by atoms with Crippen LogP contribution in [0, 0.1) is 0 Å². The van der Waals surface area contributed by atoms with Crippen molar-refractivity contribution in [3.63, 3.8) is 0 Å². The lowest BCUT2D eigenvalue weighted by Gasteiger charge is -2.27. The van der Waals surface area contributed by atoms with Crippen molar-refractivity contribution in [2.75, 3.05) is 6.79 Å². The molecule has 0 aromatic heterocycles. The normalized spacial score (nSPS) is 17.8. The van der Waals surface area contributed by atoms with Crippen molar-refractivity contribution in [1.82, 2.24) is 0 Å². The highest BCUT2D eigenvalue weighted by molar-refractivity contribution is 6.51. The van der Waals surface area contributed by atoms with E-state index < -0.39 is 6.10 Å². The van der Waals surface area contributed by atoms with Crippen LogP contribution in [-0.4, -0.2) is 19.2 Å². The molecule has 2 heterocycles. The number of hydrogen-bond acceptors (Lipinski definition) is 5. The standard InChI is InChI=1S/C20H17ClO5/c1-11(2)25-13-4-6-16-14(8-13)19(21)15(9-22)20(26-16)12-3-5-17-18(7-12)24-10-23-17/h3-9,11,20H,10H2,1-2H3. The predicted molar refractivity (Wildman–Crippen MR) is 97.0 cm³/mol. The van der Waals surface area contributed by atoms with Gasteiger partial charge in [-0.15, -0.1) is 0 Å². The lowest BCUT2D eigenvalue weighted by atomic mass is 9.96. The van der Waals surface area contributed by atoms with Crippen LogP contribution in [-0.2, 0) is 4.79 Å². The zero-order valence-corrected chi connectivity index (χ0v) is 15.1. The first-order valence-electron chi connectivity index (χ1n) is 8.29. The van der Waals surface area contributed by atoms with Gasteiger partial charge < -0.3 is 18.9 Å². The number of carbonyl (C=O) groups excluding carboxylic acids is 1. The molecule has 134 valence electrons. The number of benzene rings is 2. The van der Waals surface area contributed by atoms with Crippen LogP contribution in [0.5, 0.6) is 23.0 Å². The van der Waals surface area contributed by atoms with Gasteiger partial charge in [-0.05, 0) is 44.2 Å².